The highest BCUT2D eigenvalue weighted by molar-refractivity contribution is 5.83. The minimum Gasteiger partial charge on any atom is -0.496 e. The van der Waals surface area contributed by atoms with Crippen molar-refractivity contribution in [3.63, 3.8) is 0 Å². The fraction of sp³-hybridized carbons (Fsp3) is 0.355. The molecular formula is C31H38N4O3. The molecule has 200 valence electrons. The Morgan fingerprint density at radius 2 is 1.71 bits per heavy atom. The number of carbonyl (C=O) groups excluding carboxylic acids is 2. The first kappa shape index (κ1) is 27.2. The molecule has 0 aromatic heterocycles. The Bertz CT molecular complexity index is 1230. The second-order valence-electron chi connectivity index (χ2n) is 10.0. The first-order valence-electron chi connectivity index (χ1n) is 13.1. The summed E-state index contributed by atoms with van der Waals surface area (Å²) in [6.07, 6.45) is 0.819. The van der Waals surface area contributed by atoms with Gasteiger partial charge in [0.2, 0.25) is 11.8 Å². The molecule has 7 nitrogen and oxygen atoms in total. The molecule has 3 aromatic carbocycles. The molecular weight excluding hydrogens is 476 g/mol. The molecule has 1 fully saturated rings. The standard InChI is InChI=1S/C31H38N4O3/c1-22(36)32-20-31(37)35-17-16-29(28(21-35)24-8-6-5-7-9-24)33-19-26-18-25(12-15-30(26)38-4)23-10-13-27(14-11-23)34(2)3/h5-15,18,28-29,33H,16-17,19-21H2,1-4H3,(H,32,36). The van der Waals surface area contributed by atoms with Crippen LogP contribution in [-0.4, -0.2) is 63.6 Å². The van der Waals surface area contributed by atoms with Crippen LogP contribution in [0.1, 0.15) is 30.4 Å². The van der Waals surface area contributed by atoms with E-state index in [1.807, 2.05) is 43.3 Å². The maximum absolute atomic E-state index is 12.8. The van der Waals surface area contributed by atoms with Gasteiger partial charge in [0, 0.05) is 63.9 Å². The summed E-state index contributed by atoms with van der Waals surface area (Å²) in [6, 6.07) is 25.4. The first-order valence-corrected chi connectivity index (χ1v) is 13.1. The number of anilines is 1. The Morgan fingerprint density at radius 1 is 1.00 bits per heavy atom. The van der Waals surface area contributed by atoms with Gasteiger partial charge < -0.3 is 25.2 Å². The van der Waals surface area contributed by atoms with Gasteiger partial charge in [0.05, 0.1) is 13.7 Å². The lowest BCUT2D eigenvalue weighted by Crippen LogP contribution is -2.51. The van der Waals surface area contributed by atoms with E-state index in [-0.39, 0.29) is 30.3 Å². The fourth-order valence-corrected chi connectivity index (χ4v) is 5.06. The third-order valence-electron chi connectivity index (χ3n) is 7.23. The van der Waals surface area contributed by atoms with Gasteiger partial charge >= 0.3 is 0 Å². The van der Waals surface area contributed by atoms with Crippen molar-refractivity contribution in [1.29, 1.82) is 0 Å². The summed E-state index contributed by atoms with van der Waals surface area (Å²) < 4.78 is 5.70. The lowest BCUT2D eigenvalue weighted by atomic mass is 9.85. The summed E-state index contributed by atoms with van der Waals surface area (Å²) in [5.41, 5.74) is 5.76. The monoisotopic (exact) mass is 514 g/mol. The van der Waals surface area contributed by atoms with Gasteiger partial charge in [0.1, 0.15) is 5.75 Å². The number of rotatable bonds is 9. The zero-order valence-electron chi connectivity index (χ0n) is 22.7. The normalized spacial score (nSPS) is 17.1. The molecule has 1 heterocycles. The molecule has 0 bridgehead atoms. The molecule has 1 saturated heterocycles. The summed E-state index contributed by atoms with van der Waals surface area (Å²) in [6.45, 7) is 3.37. The molecule has 3 aromatic rings. The molecule has 2 atom stereocenters. The van der Waals surface area contributed by atoms with Gasteiger partial charge in [-0.15, -0.1) is 0 Å². The van der Waals surface area contributed by atoms with Gasteiger partial charge in [-0.05, 0) is 47.4 Å². The van der Waals surface area contributed by atoms with Crippen LogP contribution in [-0.2, 0) is 16.1 Å². The van der Waals surface area contributed by atoms with Gasteiger partial charge in [-0.25, -0.2) is 0 Å². The Morgan fingerprint density at radius 3 is 2.37 bits per heavy atom. The first-order chi connectivity index (χ1) is 18.4. The van der Waals surface area contributed by atoms with E-state index in [0.29, 0.717) is 19.6 Å². The van der Waals surface area contributed by atoms with Crippen LogP contribution in [0, 0.1) is 0 Å². The van der Waals surface area contributed by atoms with E-state index < -0.39 is 0 Å². The van der Waals surface area contributed by atoms with E-state index in [2.05, 4.69) is 64.1 Å². The molecule has 0 spiro atoms. The molecule has 2 N–H and O–H groups in total. The van der Waals surface area contributed by atoms with Crippen molar-refractivity contribution in [1.82, 2.24) is 15.5 Å². The number of hydrogen-bond donors (Lipinski definition) is 2. The highest BCUT2D eigenvalue weighted by atomic mass is 16.5. The molecule has 2 unspecified atom stereocenters. The van der Waals surface area contributed by atoms with Crippen molar-refractivity contribution in [2.75, 3.05) is 45.7 Å². The van der Waals surface area contributed by atoms with Gasteiger partial charge in [0.25, 0.3) is 0 Å². The maximum atomic E-state index is 12.8. The van der Waals surface area contributed by atoms with E-state index >= 15 is 0 Å². The smallest absolute Gasteiger partial charge is 0.241 e. The third-order valence-corrected chi connectivity index (χ3v) is 7.23. The SMILES string of the molecule is COc1ccc(-c2ccc(N(C)C)cc2)cc1CNC1CCN(C(=O)CNC(C)=O)CC1c1ccccc1. The van der Waals surface area contributed by atoms with Gasteiger partial charge in [0.15, 0.2) is 0 Å². The molecule has 4 rings (SSSR count). The quantitative estimate of drug-likeness (QED) is 0.451. The molecule has 0 aliphatic carbocycles. The van der Waals surface area contributed by atoms with E-state index in [4.69, 9.17) is 4.74 Å². The summed E-state index contributed by atoms with van der Waals surface area (Å²) in [4.78, 5) is 28.0. The zero-order valence-corrected chi connectivity index (χ0v) is 22.7. The molecule has 2 amide bonds. The number of hydrogen-bond acceptors (Lipinski definition) is 5. The molecule has 0 radical (unpaired) electrons. The average molecular weight is 515 g/mol. The maximum Gasteiger partial charge on any atom is 0.241 e. The number of methoxy groups -OCH3 is 1. The second-order valence-corrected chi connectivity index (χ2v) is 10.0. The highest BCUT2D eigenvalue weighted by Crippen LogP contribution is 2.31. The molecule has 38 heavy (non-hydrogen) atoms. The van der Waals surface area contributed by atoms with Gasteiger partial charge in [-0.2, -0.15) is 0 Å². The van der Waals surface area contributed by atoms with Gasteiger partial charge in [-0.1, -0.05) is 48.5 Å². The van der Waals surface area contributed by atoms with Crippen LogP contribution in [0.25, 0.3) is 11.1 Å². The Hall–Kier alpha value is -3.84. The summed E-state index contributed by atoms with van der Waals surface area (Å²) >= 11 is 0. The van der Waals surface area contributed by atoms with Crippen molar-refractivity contribution in [2.24, 2.45) is 0 Å². The lowest BCUT2D eigenvalue weighted by Gasteiger charge is -2.39. The number of piperidine rings is 1. The zero-order chi connectivity index (χ0) is 27.1. The fourth-order valence-electron chi connectivity index (χ4n) is 5.06. The number of nitrogens with one attached hydrogen (secondary N) is 2. The van der Waals surface area contributed by atoms with Crippen LogP contribution in [0.4, 0.5) is 5.69 Å². The number of carbonyl (C=O) groups is 2. The minimum atomic E-state index is -0.195. The second kappa shape index (κ2) is 12.6. The predicted molar refractivity (Wildman–Crippen MR) is 152 cm³/mol. The lowest BCUT2D eigenvalue weighted by molar-refractivity contribution is -0.133. The van der Waals surface area contributed by atoms with Crippen molar-refractivity contribution >= 4 is 17.5 Å². The highest BCUT2D eigenvalue weighted by Gasteiger charge is 2.32. The molecule has 1 aliphatic heterocycles. The summed E-state index contributed by atoms with van der Waals surface area (Å²) in [7, 11) is 5.78. The molecule has 7 heteroatoms. The van der Waals surface area contributed by atoms with E-state index in [0.717, 1.165) is 34.5 Å². The summed E-state index contributed by atoms with van der Waals surface area (Å²) in [5, 5.41) is 6.41. The number of likely N-dealkylation sites (tertiary alicyclic amines) is 1. The van der Waals surface area contributed by atoms with Crippen molar-refractivity contribution in [3.8, 4) is 16.9 Å². The van der Waals surface area contributed by atoms with Crippen molar-refractivity contribution < 1.29 is 14.3 Å². The Kier molecular flexibility index (Phi) is 9.02. The van der Waals surface area contributed by atoms with Crippen LogP contribution in [0.5, 0.6) is 5.75 Å². The topological polar surface area (TPSA) is 73.9 Å². The largest absolute Gasteiger partial charge is 0.496 e. The Labute approximate surface area is 225 Å². The third kappa shape index (κ3) is 6.72. The van der Waals surface area contributed by atoms with Gasteiger partial charge in [-0.3, -0.25) is 9.59 Å². The number of nitrogens with zero attached hydrogens (tertiary/aromatic N) is 2. The molecule has 0 saturated carbocycles. The minimum absolute atomic E-state index is 0.0362. The number of benzene rings is 3. The Balaban J connectivity index is 1.51. The van der Waals surface area contributed by atoms with Crippen molar-refractivity contribution in [3.05, 3.63) is 83.9 Å². The summed E-state index contributed by atoms with van der Waals surface area (Å²) in [5.74, 6) is 0.748. The van der Waals surface area contributed by atoms with E-state index in [9.17, 15) is 9.59 Å². The predicted octanol–water partition coefficient (Wildman–Crippen LogP) is 4.04. The van der Waals surface area contributed by atoms with E-state index in [1.54, 1.807) is 7.11 Å². The number of amides is 2. The van der Waals surface area contributed by atoms with E-state index in [1.165, 1.54) is 12.5 Å². The van der Waals surface area contributed by atoms with Crippen LogP contribution in [0.15, 0.2) is 72.8 Å². The average Bonchev–Trinajstić information content (AvgIpc) is 2.95. The van der Waals surface area contributed by atoms with Crippen LogP contribution in [0.2, 0.25) is 0 Å². The van der Waals surface area contributed by atoms with Crippen LogP contribution < -0.4 is 20.3 Å². The van der Waals surface area contributed by atoms with Crippen LogP contribution in [0.3, 0.4) is 0 Å². The number of ether oxygens (including phenoxy) is 1. The molecule has 1 aliphatic rings. The van der Waals surface area contributed by atoms with Crippen LogP contribution >= 0.6 is 0 Å². The van der Waals surface area contributed by atoms with Crippen molar-refractivity contribution in [2.45, 2.75) is 31.8 Å².